The minimum absolute atomic E-state index is 0.0405. The maximum absolute atomic E-state index is 13.4. The summed E-state index contributed by atoms with van der Waals surface area (Å²) in [5.74, 6) is -2.38. The van der Waals surface area contributed by atoms with Gasteiger partial charge in [-0.2, -0.15) is 18.2 Å². The zero-order valence-corrected chi connectivity index (χ0v) is 15.6. The van der Waals surface area contributed by atoms with Gasteiger partial charge >= 0.3 is 12.1 Å². The van der Waals surface area contributed by atoms with E-state index in [1.54, 1.807) is 23.1 Å². The van der Waals surface area contributed by atoms with E-state index in [0.717, 1.165) is 12.8 Å². The first-order valence-electron chi connectivity index (χ1n) is 9.23. The van der Waals surface area contributed by atoms with Crippen molar-refractivity contribution in [2.24, 2.45) is 0 Å². The van der Waals surface area contributed by atoms with Crippen molar-refractivity contribution in [3.63, 3.8) is 0 Å². The number of benzene rings is 1. The predicted octanol–water partition coefficient (Wildman–Crippen LogP) is 4.31. The normalized spacial score (nSPS) is 17.2. The smallest absolute Gasteiger partial charge is 0.338 e. The average molecular weight is 420 g/mol. The number of halogens is 4. The van der Waals surface area contributed by atoms with Crippen molar-refractivity contribution in [3.05, 3.63) is 65.6 Å². The van der Waals surface area contributed by atoms with Crippen molar-refractivity contribution in [1.29, 1.82) is 0 Å². The van der Waals surface area contributed by atoms with E-state index >= 15 is 0 Å². The van der Waals surface area contributed by atoms with Crippen molar-refractivity contribution in [2.75, 3.05) is 13.1 Å². The fraction of sp³-hybridized carbons (Fsp3) is 0.300. The van der Waals surface area contributed by atoms with Gasteiger partial charge in [-0.25, -0.2) is 4.39 Å². The Balaban J connectivity index is 1.47. The number of carbonyl (C=O) groups excluding carboxylic acids is 1. The summed E-state index contributed by atoms with van der Waals surface area (Å²) >= 11 is 0. The topological polar surface area (TPSA) is 72.1 Å². The van der Waals surface area contributed by atoms with Gasteiger partial charge in [-0.15, -0.1) is 0 Å². The van der Waals surface area contributed by atoms with Crippen molar-refractivity contribution in [2.45, 2.75) is 24.9 Å². The van der Waals surface area contributed by atoms with Crippen molar-refractivity contribution in [3.8, 4) is 11.4 Å². The highest BCUT2D eigenvalue weighted by Gasteiger charge is 2.38. The Bertz CT molecular complexity index is 1050. The number of likely N-dealkylation sites (tertiary alicyclic amines) is 1. The molecule has 0 saturated carbocycles. The first-order valence-corrected chi connectivity index (χ1v) is 9.23. The fourth-order valence-electron chi connectivity index (χ4n) is 3.44. The number of amides is 1. The van der Waals surface area contributed by atoms with Crippen LogP contribution in [0, 0.1) is 5.82 Å². The van der Waals surface area contributed by atoms with Crippen LogP contribution in [0.15, 0.2) is 47.1 Å². The van der Waals surface area contributed by atoms with Crippen molar-refractivity contribution < 1.29 is 26.9 Å². The standard InChI is InChI=1S/C20H16F4N4O2/c21-15-5-1-3-12(9-15)18(29)28-8-2-4-14(11-28)16-7-6-13(10-25-16)17-26-19(30-27-17)20(22,23)24/h1,3,5-7,9-10,14H,2,4,8,11H2. The molecule has 0 N–H and O–H groups in total. The SMILES string of the molecule is O=C(c1cccc(F)c1)N1CCCC(c2ccc(-c3noc(C(F)(F)F)n3)cn2)C1. The monoisotopic (exact) mass is 420 g/mol. The van der Waals surface area contributed by atoms with Crippen molar-refractivity contribution in [1.82, 2.24) is 20.0 Å². The molecule has 4 rings (SSSR count). The second kappa shape index (κ2) is 7.85. The summed E-state index contributed by atoms with van der Waals surface area (Å²) in [7, 11) is 0. The van der Waals surface area contributed by atoms with Gasteiger partial charge in [-0.1, -0.05) is 11.2 Å². The molecule has 0 spiro atoms. The number of hydrogen-bond acceptors (Lipinski definition) is 5. The molecule has 2 aromatic heterocycles. The molecule has 0 radical (unpaired) electrons. The number of hydrogen-bond donors (Lipinski definition) is 0. The van der Waals surface area contributed by atoms with E-state index in [1.807, 2.05) is 0 Å². The summed E-state index contributed by atoms with van der Waals surface area (Å²) in [6, 6.07) is 8.80. The molecule has 0 bridgehead atoms. The Labute approximate surface area is 168 Å². The molecule has 1 aliphatic rings. The highest BCUT2D eigenvalue weighted by atomic mass is 19.4. The minimum atomic E-state index is -4.71. The fourth-order valence-corrected chi connectivity index (χ4v) is 3.44. The highest BCUT2D eigenvalue weighted by molar-refractivity contribution is 5.94. The molecular weight excluding hydrogens is 404 g/mol. The minimum Gasteiger partial charge on any atom is -0.338 e. The molecule has 30 heavy (non-hydrogen) atoms. The molecule has 1 atom stereocenters. The van der Waals surface area contributed by atoms with Gasteiger partial charge in [0.1, 0.15) is 5.82 Å². The lowest BCUT2D eigenvalue weighted by molar-refractivity contribution is -0.159. The third-order valence-electron chi connectivity index (χ3n) is 4.91. The van der Waals surface area contributed by atoms with E-state index in [1.165, 1.54) is 24.4 Å². The number of piperidine rings is 1. The first-order chi connectivity index (χ1) is 14.3. The van der Waals surface area contributed by atoms with Crippen LogP contribution in [0.4, 0.5) is 17.6 Å². The third-order valence-corrected chi connectivity index (χ3v) is 4.91. The van der Waals surface area contributed by atoms with Crippen LogP contribution < -0.4 is 0 Å². The van der Waals surface area contributed by atoms with E-state index in [0.29, 0.717) is 24.3 Å². The van der Waals surface area contributed by atoms with Gasteiger partial charge in [0.15, 0.2) is 0 Å². The van der Waals surface area contributed by atoms with Gasteiger partial charge in [0, 0.05) is 42.0 Å². The summed E-state index contributed by atoms with van der Waals surface area (Å²) in [6.45, 7) is 0.981. The molecule has 1 aromatic carbocycles. The second-order valence-corrected chi connectivity index (χ2v) is 6.99. The summed E-state index contributed by atoms with van der Waals surface area (Å²) in [5.41, 5.74) is 1.29. The third kappa shape index (κ3) is 4.17. The Hall–Kier alpha value is -3.30. The zero-order chi connectivity index (χ0) is 21.3. The van der Waals surface area contributed by atoms with Gasteiger partial charge in [-0.05, 0) is 43.2 Å². The number of rotatable bonds is 3. The van der Waals surface area contributed by atoms with E-state index in [-0.39, 0.29) is 23.2 Å². The molecule has 3 aromatic rings. The maximum atomic E-state index is 13.4. The summed E-state index contributed by atoms with van der Waals surface area (Å²) < 4.78 is 55.5. The molecule has 156 valence electrons. The van der Waals surface area contributed by atoms with Crippen LogP contribution in [-0.4, -0.2) is 39.0 Å². The van der Waals surface area contributed by atoms with E-state index in [9.17, 15) is 22.4 Å². The van der Waals surface area contributed by atoms with Crippen LogP contribution in [0.5, 0.6) is 0 Å². The Morgan fingerprint density at radius 2 is 2.03 bits per heavy atom. The average Bonchev–Trinajstić information content (AvgIpc) is 3.24. The maximum Gasteiger partial charge on any atom is 0.471 e. The number of aromatic nitrogens is 3. The molecule has 0 aliphatic carbocycles. The number of carbonyl (C=O) groups is 1. The first kappa shape index (κ1) is 20.0. The van der Waals surface area contributed by atoms with Gasteiger partial charge < -0.3 is 9.42 Å². The molecule has 1 amide bonds. The Morgan fingerprint density at radius 3 is 2.70 bits per heavy atom. The molecule has 1 saturated heterocycles. The molecule has 3 heterocycles. The number of nitrogens with zero attached hydrogens (tertiary/aromatic N) is 4. The lowest BCUT2D eigenvalue weighted by Gasteiger charge is -2.32. The highest BCUT2D eigenvalue weighted by Crippen LogP contribution is 2.30. The summed E-state index contributed by atoms with van der Waals surface area (Å²) in [4.78, 5) is 22.0. The van der Waals surface area contributed by atoms with Crippen LogP contribution in [0.2, 0.25) is 0 Å². The van der Waals surface area contributed by atoms with Gasteiger partial charge in [0.25, 0.3) is 5.91 Å². The molecule has 10 heteroatoms. The van der Waals surface area contributed by atoms with E-state index in [2.05, 4.69) is 19.6 Å². The van der Waals surface area contributed by atoms with Crippen LogP contribution in [0.1, 0.15) is 40.7 Å². The van der Waals surface area contributed by atoms with Gasteiger partial charge in [0.05, 0.1) is 0 Å². The zero-order valence-electron chi connectivity index (χ0n) is 15.6. The molecule has 1 aliphatic heterocycles. The van der Waals surface area contributed by atoms with Crippen LogP contribution in [-0.2, 0) is 6.18 Å². The lowest BCUT2D eigenvalue weighted by Crippen LogP contribution is -2.39. The second-order valence-electron chi connectivity index (χ2n) is 6.99. The quantitative estimate of drug-likeness (QED) is 0.591. The summed E-state index contributed by atoms with van der Waals surface area (Å²) in [6.07, 6.45) is -1.76. The molecular formula is C20H16F4N4O2. The van der Waals surface area contributed by atoms with E-state index < -0.39 is 17.9 Å². The molecule has 1 fully saturated rings. The predicted molar refractivity (Wildman–Crippen MR) is 96.8 cm³/mol. The summed E-state index contributed by atoms with van der Waals surface area (Å²) in [5, 5.41) is 3.34. The number of alkyl halides is 3. The molecule has 1 unspecified atom stereocenters. The van der Waals surface area contributed by atoms with Crippen LogP contribution in [0.3, 0.4) is 0 Å². The van der Waals surface area contributed by atoms with Crippen LogP contribution in [0.25, 0.3) is 11.4 Å². The van der Waals surface area contributed by atoms with Crippen molar-refractivity contribution >= 4 is 5.91 Å². The Kier molecular flexibility index (Phi) is 5.23. The Morgan fingerprint density at radius 1 is 1.20 bits per heavy atom. The lowest BCUT2D eigenvalue weighted by atomic mass is 9.93. The van der Waals surface area contributed by atoms with Gasteiger partial charge in [0.2, 0.25) is 5.82 Å². The van der Waals surface area contributed by atoms with Gasteiger partial charge in [-0.3, -0.25) is 9.78 Å². The molecule has 6 nitrogen and oxygen atoms in total. The largest absolute Gasteiger partial charge is 0.471 e. The van der Waals surface area contributed by atoms with Crippen LogP contribution >= 0.6 is 0 Å². The number of pyridine rings is 1. The van der Waals surface area contributed by atoms with E-state index in [4.69, 9.17) is 0 Å².